The summed E-state index contributed by atoms with van der Waals surface area (Å²) in [5.41, 5.74) is 2.26. The van der Waals surface area contributed by atoms with Crippen LogP contribution < -0.4 is 10.6 Å². The molecule has 0 fully saturated rings. The van der Waals surface area contributed by atoms with Gasteiger partial charge in [-0.15, -0.1) is 0 Å². The minimum absolute atomic E-state index is 0.0337. The smallest absolute Gasteiger partial charge is 0.379 e. The third-order valence-corrected chi connectivity index (χ3v) is 5.97. The van der Waals surface area contributed by atoms with E-state index in [-0.39, 0.29) is 51.7 Å². The number of aryl methyl sites for hydroxylation is 2. The van der Waals surface area contributed by atoms with Crippen molar-refractivity contribution in [3.8, 4) is 0 Å². The zero-order valence-electron chi connectivity index (χ0n) is 20.0. The lowest BCUT2D eigenvalue weighted by Gasteiger charge is -2.22. The van der Waals surface area contributed by atoms with Crippen molar-refractivity contribution in [1.29, 1.82) is 0 Å². The summed E-state index contributed by atoms with van der Waals surface area (Å²) in [5.74, 6) is -5.77. The fourth-order valence-corrected chi connectivity index (χ4v) is 3.76. The van der Waals surface area contributed by atoms with Crippen molar-refractivity contribution in [2.75, 3.05) is 13.1 Å². The van der Waals surface area contributed by atoms with Crippen LogP contribution in [0.4, 0.5) is 30.2 Å². The van der Waals surface area contributed by atoms with E-state index in [0.717, 1.165) is 23.3 Å². The van der Waals surface area contributed by atoms with Gasteiger partial charge in [-0.25, -0.2) is 13.2 Å². The molecule has 2 nitrogen and oxygen atoms in total. The maximum absolute atomic E-state index is 15.1. The fourth-order valence-electron chi connectivity index (χ4n) is 3.32. The van der Waals surface area contributed by atoms with Crippen LogP contribution in [0.5, 0.6) is 0 Å². The minimum Gasteiger partial charge on any atom is -0.379 e. The van der Waals surface area contributed by atoms with Gasteiger partial charge in [0.2, 0.25) is 0 Å². The Kier molecular flexibility index (Phi) is 9.70. The lowest BCUT2D eigenvalue weighted by Crippen LogP contribution is -2.31. The highest BCUT2D eigenvalue weighted by Gasteiger charge is 2.34. The molecule has 10 heteroatoms. The topological polar surface area (TPSA) is 24.1 Å². The van der Waals surface area contributed by atoms with Crippen molar-refractivity contribution in [3.63, 3.8) is 0 Å². The van der Waals surface area contributed by atoms with E-state index in [9.17, 15) is 25.8 Å². The summed E-state index contributed by atoms with van der Waals surface area (Å²) in [6.07, 6.45) is -3.60. The molecule has 1 unspecified atom stereocenters. The highest BCUT2D eigenvalue weighted by Crippen LogP contribution is 2.38. The Morgan fingerprint density at radius 3 is 2.22 bits per heavy atom. The fraction of sp³-hybridized carbons (Fsp3) is 0.308. The summed E-state index contributed by atoms with van der Waals surface area (Å²) < 4.78 is 94.5. The van der Waals surface area contributed by atoms with E-state index in [1.165, 1.54) is 18.2 Å². The van der Waals surface area contributed by atoms with Crippen molar-refractivity contribution in [3.05, 3.63) is 89.1 Å². The molecule has 0 saturated heterocycles. The molecule has 2 aromatic rings. The summed E-state index contributed by atoms with van der Waals surface area (Å²) >= 11 is -0.202. The molecule has 0 aliphatic heterocycles. The van der Waals surface area contributed by atoms with Crippen molar-refractivity contribution in [2.45, 2.75) is 43.7 Å². The molecule has 2 N–H and O–H groups in total. The SMILES string of the molecule is C=C(CNC(=C)c1ccc(/C(F)=C/C(c2ccc(C)c(C)c2)C(C)(F)F)cc1SF)NCC(F)(F)F. The number of nitrogens with one attached hydrogen (secondary N) is 2. The lowest BCUT2D eigenvalue weighted by atomic mass is 9.90. The van der Waals surface area contributed by atoms with Crippen LogP contribution in [0.2, 0.25) is 0 Å². The van der Waals surface area contributed by atoms with Gasteiger partial charge in [0.05, 0.1) is 29.5 Å². The van der Waals surface area contributed by atoms with Gasteiger partial charge in [-0.1, -0.05) is 43.5 Å². The van der Waals surface area contributed by atoms with Gasteiger partial charge in [0.15, 0.2) is 0 Å². The van der Waals surface area contributed by atoms with Crippen LogP contribution in [-0.2, 0) is 0 Å². The first-order chi connectivity index (χ1) is 16.6. The Labute approximate surface area is 210 Å². The summed E-state index contributed by atoms with van der Waals surface area (Å²) in [7, 11) is 0. The van der Waals surface area contributed by atoms with Crippen LogP contribution >= 0.6 is 12.1 Å². The normalized spacial score (nSPS) is 13.3. The molecule has 1 atom stereocenters. The maximum Gasteiger partial charge on any atom is 0.405 e. The monoisotopic (exact) mass is 532 g/mol. The second-order valence-electron chi connectivity index (χ2n) is 8.48. The van der Waals surface area contributed by atoms with Crippen LogP contribution in [0, 0.1) is 13.8 Å². The van der Waals surface area contributed by atoms with E-state index in [1.54, 1.807) is 19.1 Å². The number of halogens is 7. The molecule has 0 heterocycles. The Morgan fingerprint density at radius 1 is 1.00 bits per heavy atom. The molecule has 36 heavy (non-hydrogen) atoms. The van der Waals surface area contributed by atoms with Crippen molar-refractivity contribution >= 4 is 23.7 Å². The largest absolute Gasteiger partial charge is 0.405 e. The molecule has 0 saturated carbocycles. The molecule has 0 amide bonds. The Hall–Kier alpha value is -2.88. The second-order valence-corrected chi connectivity index (χ2v) is 9.08. The molecule has 196 valence electrons. The van der Waals surface area contributed by atoms with Crippen LogP contribution in [0.3, 0.4) is 0 Å². The molecule has 2 rings (SSSR count). The van der Waals surface area contributed by atoms with Crippen molar-refractivity contribution < 1.29 is 30.2 Å². The van der Waals surface area contributed by atoms with E-state index in [2.05, 4.69) is 23.8 Å². The molecule has 0 radical (unpaired) electrons. The Morgan fingerprint density at radius 2 is 1.67 bits per heavy atom. The first-order valence-corrected chi connectivity index (χ1v) is 11.5. The molecule has 0 aliphatic carbocycles. The number of hydrogen-bond donors (Lipinski definition) is 2. The van der Waals surface area contributed by atoms with E-state index in [1.807, 2.05) is 6.92 Å². The average molecular weight is 533 g/mol. The van der Waals surface area contributed by atoms with Gasteiger partial charge in [0, 0.05) is 29.4 Å². The average Bonchev–Trinajstić information content (AvgIpc) is 2.79. The van der Waals surface area contributed by atoms with Gasteiger partial charge in [-0.3, -0.25) is 0 Å². The van der Waals surface area contributed by atoms with Gasteiger partial charge in [-0.05, 0) is 42.7 Å². The van der Waals surface area contributed by atoms with Crippen molar-refractivity contribution in [1.82, 2.24) is 10.6 Å². The van der Waals surface area contributed by atoms with Crippen LogP contribution in [0.1, 0.15) is 40.7 Å². The molecule has 0 aliphatic rings. The summed E-state index contributed by atoms with van der Waals surface area (Å²) in [4.78, 5) is -0.0478. The molecule has 0 spiro atoms. The Balaban J connectivity index is 2.25. The van der Waals surface area contributed by atoms with Gasteiger partial charge in [0.1, 0.15) is 12.4 Å². The zero-order valence-corrected chi connectivity index (χ0v) is 20.8. The molecule has 2 aromatic carbocycles. The molecular weight excluding hydrogens is 505 g/mol. The van der Waals surface area contributed by atoms with Gasteiger partial charge in [0.25, 0.3) is 5.92 Å². The number of alkyl halides is 5. The van der Waals surface area contributed by atoms with Crippen molar-refractivity contribution in [2.24, 2.45) is 0 Å². The summed E-state index contributed by atoms with van der Waals surface area (Å²) in [6.45, 7) is 10.1. The predicted octanol–water partition coefficient (Wildman–Crippen LogP) is 8.26. The van der Waals surface area contributed by atoms with Crippen LogP contribution in [-0.4, -0.2) is 25.2 Å². The lowest BCUT2D eigenvalue weighted by molar-refractivity contribution is -0.123. The first-order valence-electron chi connectivity index (χ1n) is 10.8. The zero-order chi connectivity index (χ0) is 27.3. The van der Waals surface area contributed by atoms with E-state index >= 15 is 4.39 Å². The third-order valence-electron chi connectivity index (χ3n) is 5.47. The number of rotatable bonds is 11. The maximum atomic E-state index is 15.1. The standard InChI is InChI=1S/C26H27F7N2S/c1-15-6-7-19(10-16(15)2)22(25(5,28)29)12-23(27)20-8-9-21(24(11-20)36-33)18(4)34-13-17(3)35-14-26(30,31)32/h6-12,22,34-35H,3-4,13-14H2,1-2,5H3/b23-12-. The molecule has 0 bridgehead atoms. The Bertz CT molecular complexity index is 1130. The highest BCUT2D eigenvalue weighted by atomic mass is 32.2. The van der Waals surface area contributed by atoms with Crippen LogP contribution in [0.15, 0.2) is 66.2 Å². The molecule has 0 aromatic heterocycles. The number of allylic oxidation sites excluding steroid dienone is 1. The van der Waals surface area contributed by atoms with Crippen LogP contribution in [0.25, 0.3) is 11.5 Å². The quantitative estimate of drug-likeness (QED) is 0.285. The second kappa shape index (κ2) is 11.9. The van der Waals surface area contributed by atoms with E-state index < -0.39 is 30.4 Å². The number of benzene rings is 2. The van der Waals surface area contributed by atoms with E-state index in [4.69, 9.17) is 0 Å². The summed E-state index contributed by atoms with van der Waals surface area (Å²) in [5, 5.41) is 4.84. The van der Waals surface area contributed by atoms with Gasteiger partial charge in [-0.2, -0.15) is 17.1 Å². The third kappa shape index (κ3) is 8.36. The van der Waals surface area contributed by atoms with E-state index in [0.29, 0.717) is 6.92 Å². The molecular formula is C26H27F7N2S. The highest BCUT2D eigenvalue weighted by molar-refractivity contribution is 7.94. The van der Waals surface area contributed by atoms with Gasteiger partial charge < -0.3 is 10.6 Å². The first kappa shape index (κ1) is 29.4. The summed E-state index contributed by atoms with van der Waals surface area (Å²) in [6, 6.07) is 8.58. The number of hydrogen-bond acceptors (Lipinski definition) is 3. The minimum atomic E-state index is -4.41. The predicted molar refractivity (Wildman–Crippen MR) is 132 cm³/mol. The van der Waals surface area contributed by atoms with Gasteiger partial charge >= 0.3 is 6.18 Å².